The Morgan fingerprint density at radius 2 is 2.00 bits per heavy atom. The first kappa shape index (κ1) is 15.0. The van der Waals surface area contributed by atoms with Gasteiger partial charge in [-0.2, -0.15) is 0 Å². The summed E-state index contributed by atoms with van der Waals surface area (Å²) >= 11 is 0. The van der Waals surface area contributed by atoms with Crippen molar-refractivity contribution in [3.8, 4) is 5.75 Å². The molecular formula is C16H16FNO3. The third-order valence-electron chi connectivity index (χ3n) is 2.69. The number of carbonyl (C=O) groups excluding carboxylic acids is 1. The smallest absolute Gasteiger partial charge is 0.262 e. The summed E-state index contributed by atoms with van der Waals surface area (Å²) < 4.78 is 23.2. The van der Waals surface area contributed by atoms with Gasteiger partial charge in [0.15, 0.2) is 6.61 Å². The van der Waals surface area contributed by atoms with E-state index in [0.29, 0.717) is 18.0 Å². The Morgan fingerprint density at radius 1 is 1.19 bits per heavy atom. The fourth-order valence-electron chi connectivity index (χ4n) is 1.81. The van der Waals surface area contributed by atoms with Gasteiger partial charge in [0.2, 0.25) is 0 Å². The van der Waals surface area contributed by atoms with Crippen molar-refractivity contribution in [1.82, 2.24) is 0 Å². The molecule has 0 spiro atoms. The van der Waals surface area contributed by atoms with Crippen LogP contribution in [-0.2, 0) is 16.1 Å². The maximum atomic E-state index is 13.0. The molecule has 1 N–H and O–H groups in total. The highest BCUT2D eigenvalue weighted by Gasteiger charge is 2.05. The molecule has 0 unspecified atom stereocenters. The van der Waals surface area contributed by atoms with Gasteiger partial charge in [-0.05, 0) is 29.8 Å². The molecule has 2 aromatic rings. The van der Waals surface area contributed by atoms with E-state index in [1.54, 1.807) is 19.2 Å². The number of amides is 1. The SMILES string of the molecule is COCc1cccc(NC(=O)COc2cccc(F)c2)c1. The summed E-state index contributed by atoms with van der Waals surface area (Å²) in [5.74, 6) is -0.396. The predicted molar refractivity (Wildman–Crippen MR) is 77.7 cm³/mol. The van der Waals surface area contributed by atoms with Crippen LogP contribution < -0.4 is 10.1 Å². The lowest BCUT2D eigenvalue weighted by atomic mass is 10.2. The average molecular weight is 289 g/mol. The van der Waals surface area contributed by atoms with Gasteiger partial charge in [-0.1, -0.05) is 18.2 Å². The van der Waals surface area contributed by atoms with Crippen LogP contribution >= 0.6 is 0 Å². The van der Waals surface area contributed by atoms with E-state index in [2.05, 4.69) is 5.32 Å². The largest absolute Gasteiger partial charge is 0.484 e. The summed E-state index contributed by atoms with van der Waals surface area (Å²) in [6, 6.07) is 13.0. The van der Waals surface area contributed by atoms with Gasteiger partial charge in [0.1, 0.15) is 11.6 Å². The van der Waals surface area contributed by atoms with Crippen LogP contribution in [0.1, 0.15) is 5.56 Å². The first-order valence-corrected chi connectivity index (χ1v) is 6.43. The maximum Gasteiger partial charge on any atom is 0.262 e. The minimum absolute atomic E-state index is 0.183. The fraction of sp³-hybridized carbons (Fsp3) is 0.188. The number of anilines is 1. The molecule has 2 aromatic carbocycles. The molecule has 0 saturated carbocycles. The molecule has 0 radical (unpaired) electrons. The van der Waals surface area contributed by atoms with E-state index in [9.17, 15) is 9.18 Å². The first-order chi connectivity index (χ1) is 10.2. The summed E-state index contributed by atoms with van der Waals surface area (Å²) in [6.45, 7) is 0.293. The quantitative estimate of drug-likeness (QED) is 0.889. The summed E-state index contributed by atoms with van der Waals surface area (Å²) in [7, 11) is 1.61. The molecule has 2 rings (SSSR count). The molecule has 1 amide bonds. The lowest BCUT2D eigenvalue weighted by Crippen LogP contribution is -2.20. The van der Waals surface area contributed by atoms with Crippen molar-refractivity contribution in [2.75, 3.05) is 19.0 Å². The normalized spacial score (nSPS) is 10.2. The minimum atomic E-state index is -0.403. The Labute approximate surface area is 122 Å². The number of nitrogens with one attached hydrogen (secondary N) is 1. The van der Waals surface area contributed by atoms with Crippen LogP contribution in [0.25, 0.3) is 0 Å². The zero-order valence-corrected chi connectivity index (χ0v) is 11.6. The van der Waals surface area contributed by atoms with Crippen LogP contribution in [0, 0.1) is 5.82 Å². The van der Waals surface area contributed by atoms with Crippen LogP contribution in [0.2, 0.25) is 0 Å². The second-order valence-electron chi connectivity index (χ2n) is 4.43. The van der Waals surface area contributed by atoms with Crippen molar-refractivity contribution >= 4 is 11.6 Å². The predicted octanol–water partition coefficient (Wildman–Crippen LogP) is 2.99. The molecule has 0 aliphatic carbocycles. The number of rotatable bonds is 6. The molecule has 0 bridgehead atoms. The zero-order chi connectivity index (χ0) is 15.1. The highest BCUT2D eigenvalue weighted by atomic mass is 19.1. The van der Waals surface area contributed by atoms with Gasteiger partial charge in [0.25, 0.3) is 5.91 Å². The van der Waals surface area contributed by atoms with Crippen molar-refractivity contribution in [2.45, 2.75) is 6.61 Å². The van der Waals surface area contributed by atoms with Crippen molar-refractivity contribution in [3.05, 3.63) is 59.9 Å². The molecule has 5 heteroatoms. The Bertz CT molecular complexity index is 616. The van der Waals surface area contributed by atoms with E-state index in [0.717, 1.165) is 5.56 Å². The van der Waals surface area contributed by atoms with E-state index in [-0.39, 0.29) is 12.5 Å². The fourth-order valence-corrected chi connectivity index (χ4v) is 1.81. The number of hydrogen-bond acceptors (Lipinski definition) is 3. The van der Waals surface area contributed by atoms with Crippen molar-refractivity contribution < 1.29 is 18.7 Å². The van der Waals surface area contributed by atoms with Gasteiger partial charge in [-0.15, -0.1) is 0 Å². The lowest BCUT2D eigenvalue weighted by Gasteiger charge is -2.08. The van der Waals surface area contributed by atoms with Crippen LogP contribution in [0.15, 0.2) is 48.5 Å². The van der Waals surface area contributed by atoms with E-state index in [1.807, 2.05) is 18.2 Å². The Balaban J connectivity index is 1.88. The molecule has 110 valence electrons. The van der Waals surface area contributed by atoms with Gasteiger partial charge in [0, 0.05) is 18.9 Å². The van der Waals surface area contributed by atoms with Gasteiger partial charge in [0.05, 0.1) is 6.61 Å². The summed E-state index contributed by atoms with van der Waals surface area (Å²) in [5, 5.41) is 2.71. The molecule has 0 saturated heterocycles. The third-order valence-corrected chi connectivity index (χ3v) is 2.69. The Morgan fingerprint density at radius 3 is 2.76 bits per heavy atom. The molecule has 21 heavy (non-hydrogen) atoms. The Kier molecular flexibility index (Phi) is 5.29. The van der Waals surface area contributed by atoms with Gasteiger partial charge < -0.3 is 14.8 Å². The van der Waals surface area contributed by atoms with Crippen LogP contribution in [0.5, 0.6) is 5.75 Å². The summed E-state index contributed by atoms with van der Waals surface area (Å²) in [5.41, 5.74) is 1.62. The second kappa shape index (κ2) is 7.40. The monoisotopic (exact) mass is 289 g/mol. The molecule has 0 aliphatic rings. The van der Waals surface area contributed by atoms with Gasteiger partial charge in [-0.25, -0.2) is 4.39 Å². The van der Waals surface area contributed by atoms with Crippen LogP contribution in [0.3, 0.4) is 0 Å². The van der Waals surface area contributed by atoms with Crippen molar-refractivity contribution in [3.63, 3.8) is 0 Å². The molecule has 0 fully saturated rings. The number of carbonyl (C=O) groups is 1. The molecular weight excluding hydrogens is 273 g/mol. The third kappa shape index (κ3) is 4.89. The van der Waals surface area contributed by atoms with E-state index in [4.69, 9.17) is 9.47 Å². The highest BCUT2D eigenvalue weighted by Crippen LogP contribution is 2.13. The average Bonchev–Trinajstić information content (AvgIpc) is 2.46. The summed E-state index contributed by atoms with van der Waals surface area (Å²) in [4.78, 5) is 11.8. The molecule has 0 heterocycles. The van der Waals surface area contributed by atoms with Crippen molar-refractivity contribution in [2.24, 2.45) is 0 Å². The number of ether oxygens (including phenoxy) is 2. The molecule has 0 atom stereocenters. The number of hydrogen-bond donors (Lipinski definition) is 1. The topological polar surface area (TPSA) is 47.6 Å². The number of methoxy groups -OCH3 is 1. The molecule has 4 nitrogen and oxygen atoms in total. The van der Waals surface area contributed by atoms with Crippen molar-refractivity contribution in [1.29, 1.82) is 0 Å². The second-order valence-corrected chi connectivity index (χ2v) is 4.43. The minimum Gasteiger partial charge on any atom is -0.484 e. The maximum absolute atomic E-state index is 13.0. The molecule has 0 aliphatic heterocycles. The Hall–Kier alpha value is -2.40. The van der Waals surface area contributed by atoms with Crippen LogP contribution in [-0.4, -0.2) is 19.6 Å². The standard InChI is InChI=1S/C16H16FNO3/c1-20-10-12-4-2-6-14(8-12)18-16(19)11-21-15-7-3-5-13(17)9-15/h2-9H,10-11H2,1H3,(H,18,19). The molecule has 0 aromatic heterocycles. The van der Waals surface area contributed by atoms with Crippen LogP contribution in [0.4, 0.5) is 10.1 Å². The highest BCUT2D eigenvalue weighted by molar-refractivity contribution is 5.91. The zero-order valence-electron chi connectivity index (χ0n) is 11.6. The van der Waals surface area contributed by atoms with Gasteiger partial charge in [-0.3, -0.25) is 4.79 Å². The summed E-state index contributed by atoms with van der Waals surface area (Å²) in [6.07, 6.45) is 0. The van der Waals surface area contributed by atoms with E-state index in [1.165, 1.54) is 18.2 Å². The first-order valence-electron chi connectivity index (χ1n) is 6.43. The van der Waals surface area contributed by atoms with Gasteiger partial charge >= 0.3 is 0 Å². The lowest BCUT2D eigenvalue weighted by molar-refractivity contribution is -0.118. The van der Waals surface area contributed by atoms with E-state index < -0.39 is 5.82 Å². The number of benzene rings is 2. The number of halogens is 1. The van der Waals surface area contributed by atoms with E-state index >= 15 is 0 Å².